The van der Waals surface area contributed by atoms with Crippen molar-refractivity contribution in [1.82, 2.24) is 0 Å². The Morgan fingerprint density at radius 3 is 2.36 bits per heavy atom. The average Bonchev–Trinajstić information content (AvgIpc) is 3.02. The maximum absolute atomic E-state index is 11.4. The van der Waals surface area contributed by atoms with Crippen LogP contribution in [-0.2, 0) is 9.53 Å². The number of esters is 1. The number of ketones is 1. The lowest BCUT2D eigenvalue weighted by atomic mass is 10.1. The van der Waals surface area contributed by atoms with Gasteiger partial charge in [0.15, 0.2) is 0 Å². The monoisotopic (exact) mass is 190 g/mol. The second-order valence-corrected chi connectivity index (χ2v) is 3.30. The van der Waals surface area contributed by atoms with Gasteiger partial charge in [-0.2, -0.15) is 0 Å². The summed E-state index contributed by atoms with van der Waals surface area (Å²) in [5.74, 6) is -1.30. The second kappa shape index (κ2) is 3.62. The summed E-state index contributed by atoms with van der Waals surface area (Å²) >= 11 is 0. The van der Waals surface area contributed by atoms with Crippen LogP contribution in [-0.4, -0.2) is 17.9 Å². The number of ether oxygens (including phenoxy) is 1. The number of hydrogen-bond acceptors (Lipinski definition) is 3. The SMILES string of the molecule is O=C(OC1CC1)C(=O)c1ccccc1. The lowest BCUT2D eigenvalue weighted by molar-refractivity contribution is -0.139. The van der Waals surface area contributed by atoms with Crippen LogP contribution in [0, 0.1) is 0 Å². The van der Waals surface area contributed by atoms with Gasteiger partial charge in [-0.3, -0.25) is 4.79 Å². The average molecular weight is 190 g/mol. The van der Waals surface area contributed by atoms with Gasteiger partial charge >= 0.3 is 5.97 Å². The molecule has 72 valence electrons. The van der Waals surface area contributed by atoms with E-state index in [9.17, 15) is 9.59 Å². The van der Waals surface area contributed by atoms with Crippen LogP contribution in [0.2, 0.25) is 0 Å². The van der Waals surface area contributed by atoms with Crippen molar-refractivity contribution in [3.05, 3.63) is 35.9 Å². The van der Waals surface area contributed by atoms with Crippen molar-refractivity contribution >= 4 is 11.8 Å². The van der Waals surface area contributed by atoms with Crippen molar-refractivity contribution in [2.75, 3.05) is 0 Å². The summed E-state index contributed by atoms with van der Waals surface area (Å²) in [6, 6.07) is 8.45. The standard InChI is InChI=1S/C11H10O3/c12-10(8-4-2-1-3-5-8)11(13)14-9-6-7-9/h1-5,9H,6-7H2. The Morgan fingerprint density at radius 1 is 1.14 bits per heavy atom. The van der Waals surface area contributed by atoms with Gasteiger partial charge in [0.1, 0.15) is 6.10 Å². The number of carbonyl (C=O) groups is 2. The van der Waals surface area contributed by atoms with Crippen LogP contribution in [0.1, 0.15) is 23.2 Å². The van der Waals surface area contributed by atoms with E-state index in [1.807, 2.05) is 0 Å². The maximum atomic E-state index is 11.4. The first-order valence-electron chi connectivity index (χ1n) is 4.58. The largest absolute Gasteiger partial charge is 0.456 e. The summed E-state index contributed by atoms with van der Waals surface area (Å²) in [5, 5.41) is 0. The first kappa shape index (κ1) is 8.94. The molecule has 2 rings (SSSR count). The number of rotatable bonds is 3. The van der Waals surface area contributed by atoms with Crippen molar-refractivity contribution in [3.63, 3.8) is 0 Å². The normalized spacial score (nSPS) is 14.9. The predicted molar refractivity (Wildman–Crippen MR) is 49.9 cm³/mol. The molecule has 1 aliphatic carbocycles. The van der Waals surface area contributed by atoms with Crippen molar-refractivity contribution in [2.24, 2.45) is 0 Å². The quantitative estimate of drug-likeness (QED) is 0.413. The highest BCUT2D eigenvalue weighted by Gasteiger charge is 2.29. The predicted octanol–water partition coefficient (Wildman–Crippen LogP) is 1.57. The highest BCUT2D eigenvalue weighted by Crippen LogP contribution is 2.23. The number of carbonyl (C=O) groups excluding carboxylic acids is 2. The van der Waals surface area contributed by atoms with Gasteiger partial charge in [0.05, 0.1) is 0 Å². The van der Waals surface area contributed by atoms with Crippen molar-refractivity contribution in [3.8, 4) is 0 Å². The lowest BCUT2D eigenvalue weighted by Gasteiger charge is -2.00. The number of Topliss-reactive ketones (excluding diaryl/α,β-unsaturated/α-hetero) is 1. The third-order valence-electron chi connectivity index (χ3n) is 2.02. The van der Waals surface area contributed by atoms with Crippen LogP contribution >= 0.6 is 0 Å². The highest BCUT2D eigenvalue weighted by molar-refractivity contribution is 6.40. The van der Waals surface area contributed by atoms with Crippen LogP contribution in [0.5, 0.6) is 0 Å². The Kier molecular flexibility index (Phi) is 2.31. The molecule has 0 aromatic heterocycles. The molecule has 0 saturated heterocycles. The Hall–Kier alpha value is -1.64. The minimum absolute atomic E-state index is 0.0184. The van der Waals surface area contributed by atoms with E-state index >= 15 is 0 Å². The molecular formula is C11H10O3. The number of hydrogen-bond donors (Lipinski definition) is 0. The summed E-state index contributed by atoms with van der Waals surface area (Å²) in [5.41, 5.74) is 0.387. The molecule has 1 aliphatic rings. The van der Waals surface area contributed by atoms with E-state index in [0.29, 0.717) is 5.56 Å². The highest BCUT2D eigenvalue weighted by atomic mass is 16.6. The van der Waals surface area contributed by atoms with Gasteiger partial charge in [0, 0.05) is 5.56 Å². The topological polar surface area (TPSA) is 43.4 Å². The summed E-state index contributed by atoms with van der Waals surface area (Å²) in [6.45, 7) is 0. The van der Waals surface area contributed by atoms with Gasteiger partial charge in [-0.15, -0.1) is 0 Å². The van der Waals surface area contributed by atoms with E-state index in [-0.39, 0.29) is 6.10 Å². The molecule has 0 spiro atoms. The molecular weight excluding hydrogens is 180 g/mol. The Bertz CT molecular complexity index is 352. The molecule has 3 nitrogen and oxygen atoms in total. The van der Waals surface area contributed by atoms with E-state index in [4.69, 9.17) is 4.74 Å². The van der Waals surface area contributed by atoms with Crippen LogP contribution < -0.4 is 0 Å². The van der Waals surface area contributed by atoms with E-state index < -0.39 is 11.8 Å². The van der Waals surface area contributed by atoms with Gasteiger partial charge in [0.2, 0.25) is 0 Å². The van der Waals surface area contributed by atoms with Crippen molar-refractivity contribution in [1.29, 1.82) is 0 Å². The summed E-state index contributed by atoms with van der Waals surface area (Å²) < 4.78 is 4.89. The first-order valence-corrected chi connectivity index (χ1v) is 4.58. The maximum Gasteiger partial charge on any atom is 0.379 e. The molecule has 0 bridgehead atoms. The van der Waals surface area contributed by atoms with Crippen LogP contribution in [0.15, 0.2) is 30.3 Å². The van der Waals surface area contributed by atoms with Gasteiger partial charge in [0.25, 0.3) is 5.78 Å². The van der Waals surface area contributed by atoms with E-state index in [1.54, 1.807) is 30.3 Å². The Morgan fingerprint density at radius 2 is 1.79 bits per heavy atom. The number of benzene rings is 1. The van der Waals surface area contributed by atoms with E-state index in [1.165, 1.54) is 0 Å². The van der Waals surface area contributed by atoms with Gasteiger partial charge in [-0.25, -0.2) is 4.79 Å². The molecule has 1 aromatic carbocycles. The van der Waals surface area contributed by atoms with Crippen LogP contribution in [0.4, 0.5) is 0 Å². The molecule has 0 radical (unpaired) electrons. The van der Waals surface area contributed by atoms with Gasteiger partial charge in [-0.05, 0) is 12.8 Å². The molecule has 0 amide bonds. The molecule has 0 atom stereocenters. The summed E-state index contributed by atoms with van der Waals surface area (Å²) in [6.07, 6.45) is 1.75. The second-order valence-electron chi connectivity index (χ2n) is 3.30. The van der Waals surface area contributed by atoms with E-state index in [0.717, 1.165) is 12.8 Å². The summed E-state index contributed by atoms with van der Waals surface area (Å²) in [4.78, 5) is 22.7. The van der Waals surface area contributed by atoms with Crippen molar-refractivity contribution < 1.29 is 14.3 Å². The minimum Gasteiger partial charge on any atom is -0.456 e. The fourth-order valence-corrected chi connectivity index (χ4v) is 1.10. The van der Waals surface area contributed by atoms with Crippen LogP contribution in [0.3, 0.4) is 0 Å². The fraction of sp³-hybridized carbons (Fsp3) is 0.273. The molecule has 1 aromatic rings. The van der Waals surface area contributed by atoms with Gasteiger partial charge in [-0.1, -0.05) is 30.3 Å². The zero-order valence-electron chi connectivity index (χ0n) is 7.60. The zero-order chi connectivity index (χ0) is 9.97. The van der Waals surface area contributed by atoms with Gasteiger partial charge < -0.3 is 4.74 Å². The minimum atomic E-state index is -0.737. The fourth-order valence-electron chi connectivity index (χ4n) is 1.10. The first-order chi connectivity index (χ1) is 6.77. The molecule has 0 aliphatic heterocycles. The van der Waals surface area contributed by atoms with Crippen molar-refractivity contribution in [2.45, 2.75) is 18.9 Å². The molecule has 0 unspecified atom stereocenters. The molecule has 14 heavy (non-hydrogen) atoms. The third kappa shape index (κ3) is 1.99. The van der Waals surface area contributed by atoms with Crippen LogP contribution in [0.25, 0.3) is 0 Å². The van der Waals surface area contributed by atoms with E-state index in [2.05, 4.69) is 0 Å². The zero-order valence-corrected chi connectivity index (χ0v) is 7.60. The Balaban J connectivity index is 2.03. The molecule has 3 heteroatoms. The lowest BCUT2D eigenvalue weighted by Crippen LogP contribution is -2.18. The molecule has 0 heterocycles. The third-order valence-corrected chi connectivity index (χ3v) is 2.02. The molecule has 1 saturated carbocycles. The summed E-state index contributed by atoms with van der Waals surface area (Å²) in [7, 11) is 0. The molecule has 0 N–H and O–H groups in total. The smallest absolute Gasteiger partial charge is 0.379 e. The Labute approximate surface area is 81.7 Å². The molecule has 1 fully saturated rings.